The Balaban J connectivity index is 1.94. The lowest BCUT2D eigenvalue weighted by Gasteiger charge is -2.03. The molecule has 3 aromatic rings. The van der Waals surface area contributed by atoms with Crippen LogP contribution in [-0.4, -0.2) is 34.3 Å². The summed E-state index contributed by atoms with van der Waals surface area (Å²) in [6.45, 7) is 0. The molecule has 0 aliphatic heterocycles. The number of nitrogens with zero attached hydrogens (tertiary/aromatic N) is 4. The van der Waals surface area contributed by atoms with Crippen LogP contribution in [0.2, 0.25) is 0 Å². The predicted octanol–water partition coefficient (Wildman–Crippen LogP) is 1.13. The van der Waals surface area contributed by atoms with Crippen LogP contribution in [0.5, 0.6) is 5.75 Å². The fraction of sp³-hybridized carbons (Fsp3) is 0.0833. The summed E-state index contributed by atoms with van der Waals surface area (Å²) in [5, 5.41) is 7.51. The Kier molecular flexibility index (Phi) is 2.87. The molecule has 20 heavy (non-hydrogen) atoms. The van der Waals surface area contributed by atoms with Gasteiger partial charge in [-0.2, -0.15) is 13.5 Å². The van der Waals surface area contributed by atoms with Gasteiger partial charge >= 0.3 is 10.1 Å². The first kappa shape index (κ1) is 12.5. The lowest BCUT2D eigenvalue weighted by atomic mass is 10.2. The summed E-state index contributed by atoms with van der Waals surface area (Å²) in [4.78, 5) is 4.39. The zero-order valence-corrected chi connectivity index (χ0v) is 11.3. The standard InChI is InChI=1S/C12H10N4O3S/c1-20(17,18)19-10-4-2-9(3-5-10)11-7-16-8-14-13-6-12(16)15-11/h2-8H,1H3. The van der Waals surface area contributed by atoms with Gasteiger partial charge in [-0.15, -0.1) is 5.10 Å². The van der Waals surface area contributed by atoms with Gasteiger partial charge in [0.1, 0.15) is 12.1 Å². The van der Waals surface area contributed by atoms with Crippen LogP contribution in [0.1, 0.15) is 0 Å². The van der Waals surface area contributed by atoms with E-state index in [4.69, 9.17) is 4.18 Å². The molecule has 0 unspecified atom stereocenters. The van der Waals surface area contributed by atoms with E-state index in [-0.39, 0.29) is 5.75 Å². The molecule has 2 aromatic heterocycles. The molecule has 7 nitrogen and oxygen atoms in total. The minimum atomic E-state index is -3.51. The lowest BCUT2D eigenvalue weighted by molar-refractivity contribution is 0.493. The number of benzene rings is 1. The quantitative estimate of drug-likeness (QED) is 0.672. The minimum Gasteiger partial charge on any atom is -0.383 e. The van der Waals surface area contributed by atoms with E-state index in [0.29, 0.717) is 5.65 Å². The molecule has 0 bridgehead atoms. The second kappa shape index (κ2) is 4.57. The van der Waals surface area contributed by atoms with Gasteiger partial charge in [-0.1, -0.05) is 0 Å². The average molecular weight is 290 g/mol. The molecule has 0 amide bonds. The molecule has 2 heterocycles. The molecule has 0 spiro atoms. The van der Waals surface area contributed by atoms with Gasteiger partial charge in [-0.05, 0) is 24.3 Å². The molecular formula is C12H10N4O3S. The predicted molar refractivity (Wildman–Crippen MR) is 71.7 cm³/mol. The zero-order chi connectivity index (χ0) is 14.2. The molecule has 1 aromatic carbocycles. The third-order valence-electron chi connectivity index (χ3n) is 2.57. The van der Waals surface area contributed by atoms with E-state index >= 15 is 0 Å². The number of fused-ring (bicyclic) bond motifs is 1. The van der Waals surface area contributed by atoms with E-state index in [2.05, 4.69) is 15.2 Å². The molecule has 0 fully saturated rings. The van der Waals surface area contributed by atoms with Gasteiger partial charge in [0.05, 0.1) is 18.1 Å². The molecule has 0 saturated heterocycles. The first-order valence-electron chi connectivity index (χ1n) is 5.66. The van der Waals surface area contributed by atoms with Crippen LogP contribution in [-0.2, 0) is 10.1 Å². The highest BCUT2D eigenvalue weighted by Gasteiger charge is 2.07. The van der Waals surface area contributed by atoms with Crippen LogP contribution in [0.25, 0.3) is 16.9 Å². The summed E-state index contributed by atoms with van der Waals surface area (Å²) in [6.07, 6.45) is 5.94. The van der Waals surface area contributed by atoms with Gasteiger partial charge in [0.15, 0.2) is 5.65 Å². The second-order valence-corrected chi connectivity index (χ2v) is 5.75. The van der Waals surface area contributed by atoms with Gasteiger partial charge in [-0.3, -0.25) is 4.40 Å². The Bertz CT molecular complexity index is 823. The Hall–Kier alpha value is -2.48. The highest BCUT2D eigenvalue weighted by molar-refractivity contribution is 7.86. The van der Waals surface area contributed by atoms with E-state index in [1.807, 2.05) is 6.20 Å². The lowest BCUT2D eigenvalue weighted by Crippen LogP contribution is -2.05. The van der Waals surface area contributed by atoms with Crippen LogP contribution in [0.3, 0.4) is 0 Å². The number of aromatic nitrogens is 4. The largest absolute Gasteiger partial charge is 0.383 e. The molecule has 3 rings (SSSR count). The van der Waals surface area contributed by atoms with Crippen LogP contribution in [0.4, 0.5) is 0 Å². The smallest absolute Gasteiger partial charge is 0.306 e. The van der Waals surface area contributed by atoms with Crippen molar-refractivity contribution in [2.24, 2.45) is 0 Å². The third-order valence-corrected chi connectivity index (χ3v) is 3.07. The Morgan fingerprint density at radius 3 is 2.55 bits per heavy atom. The zero-order valence-electron chi connectivity index (χ0n) is 10.5. The van der Waals surface area contributed by atoms with Crippen LogP contribution < -0.4 is 4.18 Å². The van der Waals surface area contributed by atoms with Crippen molar-refractivity contribution in [2.75, 3.05) is 6.26 Å². The molecule has 0 aliphatic carbocycles. The monoisotopic (exact) mass is 290 g/mol. The van der Waals surface area contributed by atoms with Gasteiger partial charge in [0.2, 0.25) is 0 Å². The summed E-state index contributed by atoms with van der Waals surface area (Å²) in [7, 11) is -3.51. The topological polar surface area (TPSA) is 86.5 Å². The fourth-order valence-corrected chi connectivity index (χ4v) is 2.22. The molecule has 0 saturated carbocycles. The highest BCUT2D eigenvalue weighted by atomic mass is 32.2. The van der Waals surface area contributed by atoms with Crippen molar-refractivity contribution in [3.05, 3.63) is 43.0 Å². The van der Waals surface area contributed by atoms with Crippen LogP contribution in [0.15, 0.2) is 43.0 Å². The van der Waals surface area contributed by atoms with E-state index in [9.17, 15) is 8.42 Å². The number of hydrogen-bond acceptors (Lipinski definition) is 6. The first-order valence-corrected chi connectivity index (χ1v) is 7.48. The molecule has 0 radical (unpaired) electrons. The summed E-state index contributed by atoms with van der Waals surface area (Å²) in [6, 6.07) is 6.64. The number of imidazole rings is 1. The van der Waals surface area contributed by atoms with Crippen molar-refractivity contribution in [1.29, 1.82) is 0 Å². The van der Waals surface area contributed by atoms with Crippen molar-refractivity contribution in [3.8, 4) is 17.0 Å². The van der Waals surface area contributed by atoms with E-state index < -0.39 is 10.1 Å². The van der Waals surface area contributed by atoms with Gasteiger partial charge < -0.3 is 4.18 Å². The minimum absolute atomic E-state index is 0.267. The highest BCUT2D eigenvalue weighted by Crippen LogP contribution is 2.22. The normalized spacial score (nSPS) is 11.7. The maximum absolute atomic E-state index is 11.0. The third kappa shape index (κ3) is 2.59. The Morgan fingerprint density at radius 1 is 1.15 bits per heavy atom. The maximum atomic E-state index is 11.0. The fourth-order valence-electron chi connectivity index (χ4n) is 1.76. The van der Waals surface area contributed by atoms with Crippen LogP contribution >= 0.6 is 0 Å². The second-order valence-electron chi connectivity index (χ2n) is 4.18. The van der Waals surface area contributed by atoms with E-state index in [1.54, 1.807) is 41.2 Å². The van der Waals surface area contributed by atoms with Gasteiger partial charge in [0.25, 0.3) is 0 Å². The molecule has 8 heteroatoms. The maximum Gasteiger partial charge on any atom is 0.306 e. The van der Waals surface area contributed by atoms with E-state index in [1.165, 1.54) is 0 Å². The summed E-state index contributed by atoms with van der Waals surface area (Å²) < 4.78 is 28.6. The molecular weight excluding hydrogens is 280 g/mol. The average Bonchev–Trinajstić information content (AvgIpc) is 2.81. The van der Waals surface area contributed by atoms with Crippen molar-refractivity contribution < 1.29 is 12.6 Å². The van der Waals surface area contributed by atoms with E-state index in [0.717, 1.165) is 17.5 Å². The first-order chi connectivity index (χ1) is 9.51. The molecule has 102 valence electrons. The summed E-state index contributed by atoms with van der Waals surface area (Å²) >= 11 is 0. The van der Waals surface area contributed by atoms with Crippen LogP contribution in [0, 0.1) is 0 Å². The summed E-state index contributed by atoms with van der Waals surface area (Å²) in [5.41, 5.74) is 2.27. The van der Waals surface area contributed by atoms with Crippen molar-refractivity contribution in [2.45, 2.75) is 0 Å². The summed E-state index contributed by atoms with van der Waals surface area (Å²) in [5.74, 6) is 0.267. The number of rotatable bonds is 3. The van der Waals surface area contributed by atoms with Crippen molar-refractivity contribution in [1.82, 2.24) is 19.6 Å². The molecule has 0 aliphatic rings. The molecule has 0 atom stereocenters. The van der Waals surface area contributed by atoms with Crippen molar-refractivity contribution in [3.63, 3.8) is 0 Å². The Labute approximate surface area is 115 Å². The number of hydrogen-bond donors (Lipinski definition) is 0. The Morgan fingerprint density at radius 2 is 1.90 bits per heavy atom. The molecule has 0 N–H and O–H groups in total. The SMILES string of the molecule is CS(=O)(=O)Oc1ccc(-c2cn3cnncc3n2)cc1. The van der Waals surface area contributed by atoms with Gasteiger partial charge in [0, 0.05) is 11.8 Å². The van der Waals surface area contributed by atoms with Crippen molar-refractivity contribution >= 4 is 15.8 Å². The van der Waals surface area contributed by atoms with Gasteiger partial charge in [-0.25, -0.2) is 4.98 Å².